The van der Waals surface area contributed by atoms with Crippen LogP contribution < -0.4 is 0 Å². The van der Waals surface area contributed by atoms with Gasteiger partial charge in [-0.1, -0.05) is 12.1 Å². The molecule has 0 aliphatic carbocycles. The fourth-order valence-electron chi connectivity index (χ4n) is 3.43. The minimum atomic E-state index is -3.59. The van der Waals surface area contributed by atoms with Crippen LogP contribution in [0.15, 0.2) is 53.4 Å². The third-order valence-corrected chi connectivity index (χ3v) is 7.97. The Morgan fingerprint density at radius 2 is 1.77 bits per heavy atom. The van der Waals surface area contributed by atoms with Gasteiger partial charge in [-0.15, -0.1) is 11.3 Å². The third kappa shape index (κ3) is 4.39. The Balaban J connectivity index is 1.38. The number of piperazine rings is 1. The number of rotatable bonds is 6. The van der Waals surface area contributed by atoms with Crippen LogP contribution in [-0.2, 0) is 21.3 Å². The number of benzene rings is 2. The molecule has 2 heterocycles. The standard InChI is InChI=1S/C21H23N3O4S2/c1-2-28-21(25)16-7-9-17(10-8-16)30(26,27)24-13-11-23(12-14-24)15-20-22-18-5-3-4-6-19(18)29-20/h3-10H,2,11-15H2,1H3. The molecular formula is C21H23N3O4S2. The van der Waals surface area contributed by atoms with Gasteiger partial charge in [0.15, 0.2) is 0 Å². The van der Waals surface area contributed by atoms with Crippen LogP contribution in [0.4, 0.5) is 0 Å². The summed E-state index contributed by atoms with van der Waals surface area (Å²) in [6.45, 7) is 4.88. The van der Waals surface area contributed by atoms with Crippen molar-refractivity contribution in [1.82, 2.24) is 14.2 Å². The molecule has 0 atom stereocenters. The summed E-state index contributed by atoms with van der Waals surface area (Å²) in [7, 11) is -3.59. The zero-order valence-corrected chi connectivity index (χ0v) is 18.3. The lowest BCUT2D eigenvalue weighted by molar-refractivity contribution is 0.0526. The van der Waals surface area contributed by atoms with Gasteiger partial charge in [-0.3, -0.25) is 4.90 Å². The van der Waals surface area contributed by atoms with Crippen molar-refractivity contribution >= 4 is 37.5 Å². The summed E-state index contributed by atoms with van der Waals surface area (Å²) >= 11 is 1.68. The molecule has 158 valence electrons. The van der Waals surface area contributed by atoms with E-state index in [0.29, 0.717) is 31.7 Å². The fourth-order valence-corrected chi connectivity index (χ4v) is 5.87. The number of thiazole rings is 1. The van der Waals surface area contributed by atoms with Crippen LogP contribution >= 0.6 is 11.3 Å². The van der Waals surface area contributed by atoms with E-state index in [9.17, 15) is 13.2 Å². The Hall–Kier alpha value is -2.33. The number of para-hydroxylation sites is 1. The van der Waals surface area contributed by atoms with E-state index in [0.717, 1.165) is 17.1 Å². The van der Waals surface area contributed by atoms with Crippen molar-refractivity contribution in [1.29, 1.82) is 0 Å². The topological polar surface area (TPSA) is 79.8 Å². The van der Waals surface area contributed by atoms with E-state index >= 15 is 0 Å². The quantitative estimate of drug-likeness (QED) is 0.543. The highest BCUT2D eigenvalue weighted by Crippen LogP contribution is 2.24. The molecule has 1 saturated heterocycles. The number of nitrogens with zero attached hydrogens (tertiary/aromatic N) is 3. The SMILES string of the molecule is CCOC(=O)c1ccc(S(=O)(=O)N2CCN(Cc3nc4ccccc4s3)CC2)cc1. The zero-order valence-electron chi connectivity index (χ0n) is 16.7. The molecular weight excluding hydrogens is 422 g/mol. The van der Waals surface area contributed by atoms with E-state index in [2.05, 4.69) is 16.0 Å². The van der Waals surface area contributed by atoms with Crippen LogP contribution in [-0.4, -0.2) is 61.4 Å². The third-order valence-electron chi connectivity index (χ3n) is 5.03. The molecule has 1 fully saturated rings. The van der Waals surface area contributed by atoms with Crippen molar-refractivity contribution in [3.05, 3.63) is 59.1 Å². The monoisotopic (exact) mass is 445 g/mol. The molecule has 0 spiro atoms. The number of fused-ring (bicyclic) bond motifs is 1. The van der Waals surface area contributed by atoms with Crippen LogP contribution in [0.25, 0.3) is 10.2 Å². The summed E-state index contributed by atoms with van der Waals surface area (Å²) < 4.78 is 33.5. The van der Waals surface area contributed by atoms with E-state index in [1.54, 1.807) is 18.3 Å². The molecule has 2 aromatic carbocycles. The van der Waals surface area contributed by atoms with Crippen molar-refractivity contribution in [2.24, 2.45) is 0 Å². The van der Waals surface area contributed by atoms with Crippen molar-refractivity contribution in [2.45, 2.75) is 18.4 Å². The van der Waals surface area contributed by atoms with Gasteiger partial charge in [0.1, 0.15) is 5.01 Å². The van der Waals surface area contributed by atoms with Crippen molar-refractivity contribution in [2.75, 3.05) is 32.8 Å². The van der Waals surface area contributed by atoms with Gasteiger partial charge < -0.3 is 4.74 Å². The first kappa shape index (κ1) is 20.9. The van der Waals surface area contributed by atoms with E-state index in [1.807, 2.05) is 18.2 Å². The summed E-state index contributed by atoms with van der Waals surface area (Å²) in [6.07, 6.45) is 0. The largest absolute Gasteiger partial charge is 0.462 e. The molecule has 0 N–H and O–H groups in total. The molecule has 4 rings (SSSR count). The second kappa shape index (κ2) is 8.81. The second-order valence-corrected chi connectivity index (χ2v) is 10.1. The lowest BCUT2D eigenvalue weighted by Crippen LogP contribution is -2.48. The first-order valence-corrected chi connectivity index (χ1v) is 12.1. The van der Waals surface area contributed by atoms with Gasteiger partial charge in [0, 0.05) is 26.2 Å². The maximum absolute atomic E-state index is 13.0. The minimum Gasteiger partial charge on any atom is -0.462 e. The Labute approximate surface area is 179 Å². The number of carbonyl (C=O) groups is 1. The molecule has 1 aromatic heterocycles. The summed E-state index contributed by atoms with van der Waals surface area (Å²) in [5.74, 6) is -0.454. The maximum Gasteiger partial charge on any atom is 0.338 e. The molecule has 3 aromatic rings. The number of hydrogen-bond acceptors (Lipinski definition) is 7. The predicted octanol–water partition coefficient (Wildman–Crippen LogP) is 2.98. The maximum atomic E-state index is 13.0. The molecule has 0 radical (unpaired) electrons. The highest BCUT2D eigenvalue weighted by atomic mass is 32.2. The van der Waals surface area contributed by atoms with E-state index in [1.165, 1.54) is 33.3 Å². The molecule has 1 aliphatic heterocycles. The lowest BCUT2D eigenvalue weighted by Gasteiger charge is -2.33. The van der Waals surface area contributed by atoms with Crippen molar-refractivity contribution < 1.29 is 17.9 Å². The summed E-state index contributed by atoms with van der Waals surface area (Å²) in [4.78, 5) is 18.8. The van der Waals surface area contributed by atoms with Gasteiger partial charge in [0.2, 0.25) is 10.0 Å². The Bertz CT molecular complexity index is 1100. The Kier molecular flexibility index (Phi) is 6.14. The van der Waals surface area contributed by atoms with Crippen molar-refractivity contribution in [3.63, 3.8) is 0 Å². The smallest absolute Gasteiger partial charge is 0.338 e. The first-order chi connectivity index (χ1) is 14.5. The van der Waals surface area contributed by atoms with Gasteiger partial charge in [0.25, 0.3) is 0 Å². The normalized spacial score (nSPS) is 16.0. The summed E-state index contributed by atoms with van der Waals surface area (Å²) in [6, 6.07) is 14.0. The van der Waals surface area contributed by atoms with E-state index in [-0.39, 0.29) is 11.5 Å². The highest BCUT2D eigenvalue weighted by molar-refractivity contribution is 7.89. The highest BCUT2D eigenvalue weighted by Gasteiger charge is 2.29. The van der Waals surface area contributed by atoms with Gasteiger partial charge in [-0.2, -0.15) is 4.31 Å². The van der Waals surface area contributed by atoms with Gasteiger partial charge in [-0.05, 0) is 43.3 Å². The van der Waals surface area contributed by atoms with Crippen LogP contribution in [0.2, 0.25) is 0 Å². The predicted molar refractivity (Wildman–Crippen MR) is 116 cm³/mol. The van der Waals surface area contributed by atoms with Crippen LogP contribution in [0.1, 0.15) is 22.3 Å². The van der Waals surface area contributed by atoms with Crippen LogP contribution in [0.5, 0.6) is 0 Å². The minimum absolute atomic E-state index is 0.190. The molecule has 0 unspecified atom stereocenters. The van der Waals surface area contributed by atoms with Crippen LogP contribution in [0.3, 0.4) is 0 Å². The van der Waals surface area contributed by atoms with E-state index in [4.69, 9.17) is 4.74 Å². The lowest BCUT2D eigenvalue weighted by atomic mass is 10.2. The van der Waals surface area contributed by atoms with Gasteiger partial charge in [0.05, 0.1) is 33.8 Å². The number of sulfonamides is 1. The van der Waals surface area contributed by atoms with E-state index < -0.39 is 16.0 Å². The molecule has 0 bridgehead atoms. The first-order valence-electron chi connectivity index (χ1n) is 9.81. The number of aromatic nitrogens is 1. The Morgan fingerprint density at radius 3 is 2.43 bits per heavy atom. The Morgan fingerprint density at radius 1 is 1.07 bits per heavy atom. The fraction of sp³-hybridized carbons (Fsp3) is 0.333. The summed E-state index contributed by atoms with van der Waals surface area (Å²) in [5, 5.41) is 1.04. The zero-order chi connectivity index (χ0) is 21.1. The summed E-state index contributed by atoms with van der Waals surface area (Å²) in [5.41, 5.74) is 1.35. The van der Waals surface area contributed by atoms with Gasteiger partial charge in [-0.25, -0.2) is 18.2 Å². The molecule has 30 heavy (non-hydrogen) atoms. The molecule has 9 heteroatoms. The average Bonchev–Trinajstić information content (AvgIpc) is 3.17. The van der Waals surface area contributed by atoms with Crippen LogP contribution in [0, 0.1) is 0 Å². The average molecular weight is 446 g/mol. The number of hydrogen-bond donors (Lipinski definition) is 0. The number of ether oxygens (including phenoxy) is 1. The number of esters is 1. The van der Waals surface area contributed by atoms with Crippen molar-refractivity contribution in [3.8, 4) is 0 Å². The molecule has 0 saturated carbocycles. The second-order valence-electron chi connectivity index (χ2n) is 7.00. The molecule has 0 amide bonds. The van der Waals surface area contributed by atoms with Gasteiger partial charge >= 0.3 is 5.97 Å². The molecule has 1 aliphatic rings. The number of carbonyl (C=O) groups excluding carboxylic acids is 1. The molecule has 7 nitrogen and oxygen atoms in total.